The Labute approximate surface area is 130 Å². The molecule has 1 aromatic carbocycles. The summed E-state index contributed by atoms with van der Waals surface area (Å²) in [6.45, 7) is 11.2. The Morgan fingerprint density at radius 1 is 1.10 bits per heavy atom. The van der Waals surface area contributed by atoms with E-state index in [9.17, 15) is 8.42 Å². The summed E-state index contributed by atoms with van der Waals surface area (Å²) < 4.78 is 24.2. The zero-order valence-electron chi connectivity index (χ0n) is 13.9. The fourth-order valence-electron chi connectivity index (χ4n) is 2.38. The zero-order valence-corrected chi connectivity index (χ0v) is 14.8. The maximum Gasteiger partial charge on any atom is 0.152 e. The van der Waals surface area contributed by atoms with Crippen molar-refractivity contribution in [1.29, 1.82) is 0 Å². The molecule has 0 aliphatic heterocycles. The predicted octanol–water partition coefficient (Wildman–Crippen LogP) is 3.46. The Morgan fingerprint density at radius 2 is 1.67 bits per heavy atom. The van der Waals surface area contributed by atoms with E-state index in [0.717, 1.165) is 12.1 Å². The van der Waals surface area contributed by atoms with Crippen molar-refractivity contribution in [1.82, 2.24) is 5.32 Å². The van der Waals surface area contributed by atoms with Crippen LogP contribution in [0.5, 0.6) is 0 Å². The summed E-state index contributed by atoms with van der Waals surface area (Å²) in [6, 6.07) is 8.18. The van der Waals surface area contributed by atoms with Gasteiger partial charge in [-0.3, -0.25) is 0 Å². The molecule has 0 amide bonds. The first kappa shape index (κ1) is 18.2. The first-order chi connectivity index (χ1) is 9.69. The maximum absolute atomic E-state index is 12.1. The molecule has 120 valence electrons. The highest BCUT2D eigenvalue weighted by Crippen LogP contribution is 2.24. The van der Waals surface area contributed by atoms with E-state index in [1.807, 2.05) is 13.8 Å². The molecule has 1 rings (SSSR count). The average Bonchev–Trinajstić information content (AvgIpc) is 2.37. The highest BCUT2D eigenvalue weighted by molar-refractivity contribution is 7.91. The van der Waals surface area contributed by atoms with Gasteiger partial charge in [-0.1, -0.05) is 58.9 Å². The van der Waals surface area contributed by atoms with Crippen LogP contribution in [0, 0.1) is 0 Å². The van der Waals surface area contributed by atoms with Crippen LogP contribution in [0.1, 0.15) is 58.2 Å². The molecule has 21 heavy (non-hydrogen) atoms. The maximum atomic E-state index is 12.1. The summed E-state index contributed by atoms with van der Waals surface area (Å²) in [7, 11) is -3.00. The van der Waals surface area contributed by atoms with Crippen LogP contribution in [0.15, 0.2) is 24.3 Å². The molecule has 0 aliphatic rings. The van der Waals surface area contributed by atoms with E-state index >= 15 is 0 Å². The zero-order chi connectivity index (χ0) is 16.1. The Morgan fingerprint density at radius 3 is 2.10 bits per heavy atom. The molecular weight excluding hydrogens is 282 g/mol. The van der Waals surface area contributed by atoms with E-state index < -0.39 is 9.84 Å². The van der Waals surface area contributed by atoms with Crippen LogP contribution in [0.25, 0.3) is 0 Å². The summed E-state index contributed by atoms with van der Waals surface area (Å²) in [5.41, 5.74) is 2.42. The van der Waals surface area contributed by atoms with Gasteiger partial charge in [0.2, 0.25) is 0 Å². The highest BCUT2D eigenvalue weighted by Gasteiger charge is 2.20. The number of hydrogen-bond donors (Lipinski definition) is 1. The van der Waals surface area contributed by atoms with E-state index in [1.54, 1.807) is 0 Å². The summed E-state index contributed by atoms with van der Waals surface area (Å²) in [6.07, 6.45) is 0.671. The molecule has 3 nitrogen and oxygen atoms in total. The van der Waals surface area contributed by atoms with Crippen LogP contribution in [0.3, 0.4) is 0 Å². The van der Waals surface area contributed by atoms with Crippen molar-refractivity contribution in [2.75, 3.05) is 18.1 Å². The van der Waals surface area contributed by atoms with Gasteiger partial charge in [-0.05, 0) is 29.5 Å². The second-order valence-corrected chi connectivity index (χ2v) is 8.83. The standard InChI is InChI=1S/C17H29NO2S/c1-6-12-21(19,20)13-16(18-7-2)14-8-10-15(11-9-14)17(3,4)5/h8-11,16,18H,6-7,12-13H2,1-5H3. The topological polar surface area (TPSA) is 46.2 Å². The van der Waals surface area contributed by atoms with Gasteiger partial charge < -0.3 is 5.32 Å². The molecule has 0 aliphatic carbocycles. The molecule has 0 aromatic heterocycles. The molecular formula is C17H29NO2S. The number of benzene rings is 1. The van der Waals surface area contributed by atoms with Crippen molar-refractivity contribution < 1.29 is 8.42 Å². The predicted molar refractivity (Wildman–Crippen MR) is 90.5 cm³/mol. The van der Waals surface area contributed by atoms with Crippen LogP contribution in [-0.2, 0) is 15.3 Å². The first-order valence-electron chi connectivity index (χ1n) is 7.74. The van der Waals surface area contributed by atoms with Crippen molar-refractivity contribution in [3.8, 4) is 0 Å². The minimum absolute atomic E-state index is 0.112. The fraction of sp³-hybridized carbons (Fsp3) is 0.647. The number of sulfone groups is 1. The third-order valence-electron chi connectivity index (χ3n) is 3.57. The lowest BCUT2D eigenvalue weighted by Gasteiger charge is -2.22. The molecule has 1 atom stereocenters. The quantitative estimate of drug-likeness (QED) is 0.839. The smallest absolute Gasteiger partial charge is 0.152 e. The molecule has 0 radical (unpaired) electrons. The van der Waals surface area contributed by atoms with E-state index in [0.29, 0.717) is 6.42 Å². The molecule has 1 unspecified atom stereocenters. The van der Waals surface area contributed by atoms with E-state index in [2.05, 4.69) is 50.4 Å². The van der Waals surface area contributed by atoms with Gasteiger partial charge in [-0.15, -0.1) is 0 Å². The van der Waals surface area contributed by atoms with E-state index in [1.165, 1.54) is 5.56 Å². The number of rotatable bonds is 7. The molecule has 0 fully saturated rings. The van der Waals surface area contributed by atoms with Crippen molar-refractivity contribution in [3.63, 3.8) is 0 Å². The summed E-state index contributed by atoms with van der Waals surface area (Å²) in [5, 5.41) is 3.29. The Hall–Kier alpha value is -0.870. The van der Waals surface area contributed by atoms with Crippen LogP contribution >= 0.6 is 0 Å². The summed E-state index contributed by atoms with van der Waals surface area (Å²) >= 11 is 0. The number of hydrogen-bond acceptors (Lipinski definition) is 3. The Bertz CT molecular complexity index is 527. The van der Waals surface area contributed by atoms with Gasteiger partial charge >= 0.3 is 0 Å². The molecule has 0 heterocycles. The van der Waals surface area contributed by atoms with Crippen molar-refractivity contribution in [2.24, 2.45) is 0 Å². The normalized spacial score (nSPS) is 14.1. The number of nitrogens with one attached hydrogen (secondary N) is 1. The molecule has 0 spiro atoms. The molecule has 0 saturated carbocycles. The second-order valence-electron chi connectivity index (χ2n) is 6.60. The molecule has 0 saturated heterocycles. The molecule has 1 N–H and O–H groups in total. The van der Waals surface area contributed by atoms with Crippen molar-refractivity contribution in [2.45, 2.75) is 52.5 Å². The van der Waals surface area contributed by atoms with Crippen LogP contribution < -0.4 is 5.32 Å². The molecule has 1 aromatic rings. The SMILES string of the molecule is CCCS(=O)(=O)CC(NCC)c1ccc(C(C)(C)C)cc1. The lowest BCUT2D eigenvalue weighted by atomic mass is 9.86. The second kappa shape index (κ2) is 7.41. The Balaban J connectivity index is 2.96. The largest absolute Gasteiger partial charge is 0.309 e. The molecule has 0 bridgehead atoms. The minimum Gasteiger partial charge on any atom is -0.309 e. The average molecular weight is 311 g/mol. The Kier molecular flexibility index (Phi) is 6.41. The van der Waals surface area contributed by atoms with Gasteiger partial charge in [0.1, 0.15) is 0 Å². The van der Waals surface area contributed by atoms with E-state index in [4.69, 9.17) is 0 Å². The monoisotopic (exact) mass is 311 g/mol. The fourth-order valence-corrected chi connectivity index (χ4v) is 3.99. The third-order valence-corrected chi connectivity index (χ3v) is 5.44. The summed E-state index contributed by atoms with van der Waals surface area (Å²) in [5.74, 6) is 0.429. The lowest BCUT2D eigenvalue weighted by Crippen LogP contribution is -2.29. The van der Waals surface area contributed by atoms with E-state index in [-0.39, 0.29) is 23.0 Å². The first-order valence-corrected chi connectivity index (χ1v) is 9.56. The van der Waals surface area contributed by atoms with Crippen molar-refractivity contribution >= 4 is 9.84 Å². The summed E-state index contributed by atoms with van der Waals surface area (Å²) in [4.78, 5) is 0. The van der Waals surface area contributed by atoms with Crippen LogP contribution in [-0.4, -0.2) is 26.5 Å². The van der Waals surface area contributed by atoms with Crippen LogP contribution in [0.4, 0.5) is 0 Å². The van der Waals surface area contributed by atoms with Gasteiger partial charge in [0.05, 0.1) is 5.75 Å². The van der Waals surface area contributed by atoms with Gasteiger partial charge in [-0.25, -0.2) is 8.42 Å². The van der Waals surface area contributed by atoms with Gasteiger partial charge in [-0.2, -0.15) is 0 Å². The van der Waals surface area contributed by atoms with Crippen LogP contribution in [0.2, 0.25) is 0 Å². The van der Waals surface area contributed by atoms with Gasteiger partial charge in [0.15, 0.2) is 9.84 Å². The third kappa shape index (κ3) is 5.79. The van der Waals surface area contributed by atoms with Gasteiger partial charge in [0, 0.05) is 11.8 Å². The highest BCUT2D eigenvalue weighted by atomic mass is 32.2. The molecule has 4 heteroatoms. The van der Waals surface area contributed by atoms with Gasteiger partial charge in [0.25, 0.3) is 0 Å². The lowest BCUT2D eigenvalue weighted by molar-refractivity contribution is 0.556. The van der Waals surface area contributed by atoms with Crippen molar-refractivity contribution in [3.05, 3.63) is 35.4 Å². The minimum atomic E-state index is -3.00.